The number of carbonyl (C=O) groups excluding carboxylic acids is 1. The van der Waals surface area contributed by atoms with Crippen LogP contribution in [-0.2, 0) is 19.4 Å². The minimum absolute atomic E-state index is 0.0572. The second kappa shape index (κ2) is 15.4. The molecule has 7 nitrogen and oxygen atoms in total. The normalized spacial score (nSPS) is 10.7. The molecule has 1 N–H and O–H groups in total. The van der Waals surface area contributed by atoms with Gasteiger partial charge in [0.1, 0.15) is 40.9 Å². The monoisotopic (exact) mass is 582 g/mol. The van der Waals surface area contributed by atoms with E-state index in [0.717, 1.165) is 23.1 Å². The van der Waals surface area contributed by atoms with Crippen molar-refractivity contribution in [1.82, 2.24) is 0 Å². The summed E-state index contributed by atoms with van der Waals surface area (Å²) in [5.41, 5.74) is 3.48. The lowest BCUT2D eigenvalue weighted by Gasteiger charge is -2.18. The maximum absolute atomic E-state index is 12.4. The Kier molecular flexibility index (Phi) is 11.2. The molecule has 0 fully saturated rings. The predicted molar refractivity (Wildman–Crippen MR) is 166 cm³/mol. The standard InChI is InChI=1S/C36H38O7/c1-4-13-28-31(18-11-19-32(28)43-33-17-10-9-16-29(33)36(38)39)40-20-12-21-41-34-23-35(30(25(3)37)22-27(34)5-2)42-24-26-14-7-6-8-15-26/h6-11,14-19,22-23H,4-5,12-13,20-21,24H2,1-3H3,(H,38,39). The van der Waals surface area contributed by atoms with E-state index in [1.165, 1.54) is 6.07 Å². The first-order valence-electron chi connectivity index (χ1n) is 14.6. The fourth-order valence-electron chi connectivity index (χ4n) is 4.69. The van der Waals surface area contributed by atoms with Crippen molar-refractivity contribution in [3.8, 4) is 28.7 Å². The van der Waals surface area contributed by atoms with Crippen LogP contribution in [0.15, 0.2) is 84.9 Å². The van der Waals surface area contributed by atoms with Crippen LogP contribution in [0.5, 0.6) is 28.7 Å². The topological polar surface area (TPSA) is 91.3 Å². The van der Waals surface area contributed by atoms with E-state index < -0.39 is 5.97 Å². The Balaban J connectivity index is 1.41. The zero-order valence-electron chi connectivity index (χ0n) is 24.9. The molecule has 4 aromatic rings. The van der Waals surface area contributed by atoms with Crippen LogP contribution in [0.2, 0.25) is 0 Å². The Bertz CT molecular complexity index is 1530. The highest BCUT2D eigenvalue weighted by molar-refractivity contribution is 5.97. The number of hydrogen-bond acceptors (Lipinski definition) is 6. The third-order valence-electron chi connectivity index (χ3n) is 6.89. The first-order valence-corrected chi connectivity index (χ1v) is 14.6. The molecule has 0 aromatic heterocycles. The molecule has 0 aliphatic heterocycles. The van der Waals surface area contributed by atoms with Crippen LogP contribution in [-0.4, -0.2) is 30.1 Å². The van der Waals surface area contributed by atoms with Gasteiger partial charge in [-0.15, -0.1) is 0 Å². The molecule has 0 bridgehead atoms. The van der Waals surface area contributed by atoms with Crippen molar-refractivity contribution in [2.24, 2.45) is 0 Å². The largest absolute Gasteiger partial charge is 0.493 e. The van der Waals surface area contributed by atoms with Crippen molar-refractivity contribution >= 4 is 11.8 Å². The van der Waals surface area contributed by atoms with E-state index in [1.54, 1.807) is 25.1 Å². The van der Waals surface area contributed by atoms with Gasteiger partial charge >= 0.3 is 5.97 Å². The summed E-state index contributed by atoms with van der Waals surface area (Å²) in [6.45, 7) is 6.81. The molecule has 0 spiro atoms. The Morgan fingerprint density at radius 3 is 2.07 bits per heavy atom. The van der Waals surface area contributed by atoms with Crippen LogP contribution in [0.25, 0.3) is 0 Å². The highest BCUT2D eigenvalue weighted by Gasteiger charge is 2.17. The molecule has 0 atom stereocenters. The van der Waals surface area contributed by atoms with Crippen molar-refractivity contribution in [2.45, 2.75) is 53.1 Å². The van der Waals surface area contributed by atoms with E-state index in [2.05, 4.69) is 6.92 Å². The highest BCUT2D eigenvalue weighted by Crippen LogP contribution is 2.35. The summed E-state index contributed by atoms with van der Waals surface area (Å²) in [6.07, 6.45) is 2.91. The van der Waals surface area contributed by atoms with Gasteiger partial charge in [0.05, 0.1) is 18.8 Å². The predicted octanol–water partition coefficient (Wildman–Crippen LogP) is 8.32. The number of Topliss-reactive ketones (excluding diaryl/α,β-unsaturated/α-hetero) is 1. The number of rotatable bonds is 16. The summed E-state index contributed by atoms with van der Waals surface area (Å²) >= 11 is 0. The minimum Gasteiger partial charge on any atom is -0.493 e. The number of benzene rings is 4. The fourth-order valence-corrected chi connectivity index (χ4v) is 4.69. The molecule has 224 valence electrons. The molecule has 0 saturated heterocycles. The smallest absolute Gasteiger partial charge is 0.339 e. The molecule has 43 heavy (non-hydrogen) atoms. The molecule has 0 radical (unpaired) electrons. The summed E-state index contributed by atoms with van der Waals surface area (Å²) < 4.78 is 24.4. The van der Waals surface area contributed by atoms with Gasteiger partial charge in [-0.1, -0.05) is 68.8 Å². The summed E-state index contributed by atoms with van der Waals surface area (Å²) in [7, 11) is 0. The number of ether oxygens (including phenoxy) is 4. The van der Waals surface area contributed by atoms with Crippen LogP contribution in [0.3, 0.4) is 0 Å². The average Bonchev–Trinajstić information content (AvgIpc) is 3.01. The van der Waals surface area contributed by atoms with E-state index in [-0.39, 0.29) is 17.1 Å². The number of para-hydroxylation sites is 1. The molecular weight excluding hydrogens is 544 g/mol. The van der Waals surface area contributed by atoms with E-state index in [4.69, 9.17) is 18.9 Å². The zero-order valence-corrected chi connectivity index (χ0v) is 24.9. The van der Waals surface area contributed by atoms with Crippen molar-refractivity contribution < 1.29 is 33.6 Å². The SMILES string of the molecule is CCCc1c(OCCCOc2cc(OCc3ccccc3)c(C(C)=O)cc2CC)cccc1Oc1ccccc1C(=O)O. The molecule has 0 heterocycles. The third-order valence-corrected chi connectivity index (χ3v) is 6.89. The number of aryl methyl sites for hydroxylation is 1. The number of ketones is 1. The molecule has 0 saturated carbocycles. The van der Waals surface area contributed by atoms with E-state index >= 15 is 0 Å². The first kappa shape index (κ1) is 31.2. The van der Waals surface area contributed by atoms with Gasteiger partial charge in [-0.3, -0.25) is 4.79 Å². The van der Waals surface area contributed by atoms with Crippen LogP contribution < -0.4 is 18.9 Å². The van der Waals surface area contributed by atoms with Gasteiger partial charge in [-0.2, -0.15) is 0 Å². The Morgan fingerprint density at radius 1 is 0.698 bits per heavy atom. The van der Waals surface area contributed by atoms with Crippen LogP contribution in [0.4, 0.5) is 0 Å². The van der Waals surface area contributed by atoms with Crippen molar-refractivity contribution in [2.75, 3.05) is 13.2 Å². The van der Waals surface area contributed by atoms with Crippen molar-refractivity contribution in [1.29, 1.82) is 0 Å². The highest BCUT2D eigenvalue weighted by atomic mass is 16.5. The van der Waals surface area contributed by atoms with Gasteiger partial charge in [0.15, 0.2) is 5.78 Å². The average molecular weight is 583 g/mol. The van der Waals surface area contributed by atoms with Crippen LogP contribution >= 0.6 is 0 Å². The van der Waals surface area contributed by atoms with Crippen molar-refractivity contribution in [3.05, 3.63) is 113 Å². The first-order chi connectivity index (χ1) is 20.9. The lowest BCUT2D eigenvalue weighted by Crippen LogP contribution is -2.09. The Hall–Kier alpha value is -4.78. The molecule has 4 aromatic carbocycles. The van der Waals surface area contributed by atoms with Crippen LogP contribution in [0.1, 0.15) is 71.0 Å². The van der Waals surface area contributed by atoms with E-state index in [0.29, 0.717) is 67.6 Å². The lowest BCUT2D eigenvalue weighted by molar-refractivity contribution is 0.0694. The lowest BCUT2D eigenvalue weighted by atomic mass is 10.0. The summed E-state index contributed by atoms with van der Waals surface area (Å²) in [4.78, 5) is 24.0. The number of carboxylic acids is 1. The van der Waals surface area contributed by atoms with Gasteiger partial charge in [0.25, 0.3) is 0 Å². The Morgan fingerprint density at radius 2 is 1.37 bits per heavy atom. The molecule has 0 amide bonds. The minimum atomic E-state index is -1.04. The summed E-state index contributed by atoms with van der Waals surface area (Å²) in [5, 5.41) is 9.54. The van der Waals surface area contributed by atoms with E-state index in [9.17, 15) is 14.7 Å². The molecule has 7 heteroatoms. The van der Waals surface area contributed by atoms with E-state index in [1.807, 2.05) is 67.6 Å². The quantitative estimate of drug-likeness (QED) is 0.105. The zero-order chi connectivity index (χ0) is 30.6. The molecule has 4 rings (SSSR count). The molecule has 0 unspecified atom stereocenters. The van der Waals surface area contributed by atoms with Gasteiger partial charge in [-0.25, -0.2) is 4.79 Å². The number of hydrogen-bond donors (Lipinski definition) is 1. The molecular formula is C36H38O7. The van der Waals surface area contributed by atoms with Gasteiger partial charge in [-0.05, 0) is 61.2 Å². The van der Waals surface area contributed by atoms with Gasteiger partial charge in [0.2, 0.25) is 0 Å². The van der Waals surface area contributed by atoms with Crippen LogP contribution in [0, 0.1) is 0 Å². The van der Waals surface area contributed by atoms with Gasteiger partial charge in [0, 0.05) is 18.1 Å². The maximum Gasteiger partial charge on any atom is 0.339 e. The molecule has 0 aliphatic rings. The van der Waals surface area contributed by atoms with Crippen molar-refractivity contribution in [3.63, 3.8) is 0 Å². The number of carbonyl (C=O) groups is 2. The second-order valence-electron chi connectivity index (χ2n) is 10.1. The fraction of sp³-hybridized carbons (Fsp3) is 0.278. The maximum atomic E-state index is 12.4. The number of carboxylic acid groups (broad SMARTS) is 1. The van der Waals surface area contributed by atoms with Gasteiger partial charge < -0.3 is 24.1 Å². The Labute approximate surface area is 253 Å². The summed E-state index contributed by atoms with van der Waals surface area (Å²) in [6, 6.07) is 25.6. The third kappa shape index (κ3) is 8.38. The second-order valence-corrected chi connectivity index (χ2v) is 10.1. The molecule has 0 aliphatic carbocycles. The summed E-state index contributed by atoms with van der Waals surface area (Å²) in [5.74, 6) is 1.65. The number of aromatic carboxylic acids is 1.